The number of ether oxygens (including phenoxy) is 1. The Morgan fingerprint density at radius 3 is 2.42 bits per heavy atom. The Labute approximate surface area is 154 Å². The van der Waals surface area contributed by atoms with Gasteiger partial charge in [-0.25, -0.2) is 4.79 Å². The quantitative estimate of drug-likeness (QED) is 0.834. The monoisotopic (exact) mass is 355 g/mol. The minimum absolute atomic E-state index is 0.159. The number of amides is 2. The molecule has 0 aliphatic carbocycles. The molecule has 0 saturated heterocycles. The van der Waals surface area contributed by atoms with Crippen LogP contribution in [0.25, 0.3) is 0 Å². The smallest absolute Gasteiger partial charge is 0.408 e. The number of hydrogen-bond acceptors (Lipinski definition) is 4. The van der Waals surface area contributed by atoms with Gasteiger partial charge < -0.3 is 20.3 Å². The van der Waals surface area contributed by atoms with E-state index in [1.54, 1.807) is 6.92 Å². The predicted molar refractivity (Wildman–Crippen MR) is 103 cm³/mol. The van der Waals surface area contributed by atoms with Crippen LogP contribution in [-0.4, -0.2) is 32.1 Å². The van der Waals surface area contributed by atoms with Crippen molar-refractivity contribution in [3.05, 3.63) is 59.7 Å². The number of benzene rings is 2. The van der Waals surface area contributed by atoms with E-state index in [2.05, 4.69) is 10.6 Å². The number of anilines is 2. The molecule has 0 saturated carbocycles. The van der Waals surface area contributed by atoms with Crippen LogP contribution < -0.4 is 15.5 Å². The molecule has 0 heterocycles. The molecule has 1 atom stereocenters. The van der Waals surface area contributed by atoms with Crippen molar-refractivity contribution in [3.63, 3.8) is 0 Å². The summed E-state index contributed by atoms with van der Waals surface area (Å²) in [6.45, 7) is 3.70. The van der Waals surface area contributed by atoms with Crippen LogP contribution >= 0.6 is 0 Å². The van der Waals surface area contributed by atoms with Crippen LogP contribution in [0.2, 0.25) is 0 Å². The Kier molecular flexibility index (Phi) is 6.60. The standard InChI is InChI=1S/C20H25N3O3/c1-14-12-17(23(3)4)10-11-18(14)22-19(24)15(2)21-20(25)26-13-16-8-6-5-7-9-16/h5-12,15H,13H2,1-4H3,(H,21,25)(H,22,24). The molecule has 2 aromatic rings. The fraction of sp³-hybridized carbons (Fsp3) is 0.300. The molecule has 2 aromatic carbocycles. The number of alkyl carbamates (subject to hydrolysis) is 1. The maximum atomic E-state index is 12.3. The zero-order valence-corrected chi connectivity index (χ0v) is 15.6. The molecule has 2 rings (SSSR count). The van der Waals surface area contributed by atoms with Gasteiger partial charge in [0.2, 0.25) is 5.91 Å². The van der Waals surface area contributed by atoms with Gasteiger partial charge in [-0.2, -0.15) is 0 Å². The van der Waals surface area contributed by atoms with Gasteiger partial charge in [0.15, 0.2) is 0 Å². The van der Waals surface area contributed by atoms with Crippen molar-refractivity contribution in [1.82, 2.24) is 5.32 Å². The van der Waals surface area contributed by atoms with Crippen molar-refractivity contribution in [2.75, 3.05) is 24.3 Å². The molecular weight excluding hydrogens is 330 g/mol. The second-order valence-electron chi connectivity index (χ2n) is 6.31. The van der Waals surface area contributed by atoms with E-state index in [0.29, 0.717) is 5.69 Å². The summed E-state index contributed by atoms with van der Waals surface area (Å²) in [6, 6.07) is 14.4. The van der Waals surface area contributed by atoms with Gasteiger partial charge in [-0.05, 0) is 43.2 Å². The van der Waals surface area contributed by atoms with E-state index >= 15 is 0 Å². The summed E-state index contributed by atoms with van der Waals surface area (Å²) in [4.78, 5) is 26.1. The molecule has 0 fully saturated rings. The highest BCUT2D eigenvalue weighted by molar-refractivity contribution is 5.97. The summed E-state index contributed by atoms with van der Waals surface area (Å²) in [6.07, 6.45) is -0.629. The molecule has 6 nitrogen and oxygen atoms in total. The summed E-state index contributed by atoms with van der Waals surface area (Å²) in [7, 11) is 3.92. The summed E-state index contributed by atoms with van der Waals surface area (Å²) in [5.74, 6) is -0.303. The van der Waals surface area contributed by atoms with Gasteiger partial charge in [0, 0.05) is 25.5 Å². The normalized spacial score (nSPS) is 11.4. The molecule has 6 heteroatoms. The molecule has 0 spiro atoms. The lowest BCUT2D eigenvalue weighted by Gasteiger charge is -2.17. The fourth-order valence-corrected chi connectivity index (χ4v) is 2.31. The number of hydrogen-bond donors (Lipinski definition) is 2. The largest absolute Gasteiger partial charge is 0.445 e. The van der Waals surface area contributed by atoms with Gasteiger partial charge in [0.25, 0.3) is 0 Å². The Hall–Kier alpha value is -3.02. The van der Waals surface area contributed by atoms with Crippen LogP contribution in [0.1, 0.15) is 18.1 Å². The zero-order chi connectivity index (χ0) is 19.1. The Balaban J connectivity index is 1.86. The average Bonchev–Trinajstić information content (AvgIpc) is 2.62. The Morgan fingerprint density at radius 2 is 1.81 bits per heavy atom. The van der Waals surface area contributed by atoms with Gasteiger partial charge in [-0.3, -0.25) is 4.79 Å². The van der Waals surface area contributed by atoms with Gasteiger partial charge in [-0.1, -0.05) is 30.3 Å². The lowest BCUT2D eigenvalue weighted by atomic mass is 10.1. The maximum Gasteiger partial charge on any atom is 0.408 e. The van der Waals surface area contributed by atoms with Crippen LogP contribution in [0.3, 0.4) is 0 Å². The molecule has 2 amide bonds. The van der Waals surface area contributed by atoms with Crippen molar-refractivity contribution in [1.29, 1.82) is 0 Å². The first kappa shape index (κ1) is 19.3. The lowest BCUT2D eigenvalue weighted by molar-refractivity contribution is -0.117. The third kappa shape index (κ3) is 5.51. The van der Waals surface area contributed by atoms with Gasteiger partial charge >= 0.3 is 6.09 Å². The first-order chi connectivity index (χ1) is 12.4. The van der Waals surface area contributed by atoms with E-state index < -0.39 is 12.1 Å². The topological polar surface area (TPSA) is 70.7 Å². The number of nitrogens with one attached hydrogen (secondary N) is 2. The highest BCUT2D eigenvalue weighted by atomic mass is 16.5. The number of aryl methyl sites for hydroxylation is 1. The molecule has 2 N–H and O–H groups in total. The molecular formula is C20H25N3O3. The van der Waals surface area contributed by atoms with Crippen molar-refractivity contribution in [2.45, 2.75) is 26.5 Å². The van der Waals surface area contributed by atoms with Crippen molar-refractivity contribution in [2.24, 2.45) is 0 Å². The minimum Gasteiger partial charge on any atom is -0.445 e. The second-order valence-corrected chi connectivity index (χ2v) is 6.31. The number of carbonyl (C=O) groups excluding carboxylic acids is 2. The third-order valence-corrected chi connectivity index (χ3v) is 3.92. The van der Waals surface area contributed by atoms with E-state index in [1.165, 1.54) is 0 Å². The van der Waals surface area contributed by atoms with Crippen molar-refractivity contribution >= 4 is 23.4 Å². The summed E-state index contributed by atoms with van der Waals surface area (Å²) in [5.41, 5.74) is 3.60. The molecule has 0 aliphatic heterocycles. The molecule has 26 heavy (non-hydrogen) atoms. The van der Waals surface area contributed by atoms with Crippen molar-refractivity contribution < 1.29 is 14.3 Å². The van der Waals surface area contributed by atoms with Gasteiger partial charge in [0.1, 0.15) is 12.6 Å². The van der Waals surface area contributed by atoms with Gasteiger partial charge in [-0.15, -0.1) is 0 Å². The fourth-order valence-electron chi connectivity index (χ4n) is 2.31. The third-order valence-electron chi connectivity index (χ3n) is 3.92. The van der Waals surface area contributed by atoms with Crippen molar-refractivity contribution in [3.8, 4) is 0 Å². The number of nitrogens with zero attached hydrogens (tertiary/aromatic N) is 1. The molecule has 1 unspecified atom stereocenters. The molecule has 0 radical (unpaired) electrons. The Bertz CT molecular complexity index is 760. The summed E-state index contributed by atoms with van der Waals surface area (Å²) < 4.78 is 5.13. The molecule has 0 aliphatic rings. The zero-order valence-electron chi connectivity index (χ0n) is 15.6. The van der Waals surface area contributed by atoms with E-state index in [1.807, 2.05) is 74.4 Å². The summed E-state index contributed by atoms with van der Waals surface area (Å²) in [5, 5.41) is 5.37. The molecule has 0 bridgehead atoms. The lowest BCUT2D eigenvalue weighted by Crippen LogP contribution is -2.41. The number of carbonyl (C=O) groups is 2. The maximum absolute atomic E-state index is 12.3. The van der Waals surface area contributed by atoms with Crippen LogP contribution in [0.15, 0.2) is 48.5 Å². The van der Waals surface area contributed by atoms with Crippen LogP contribution in [-0.2, 0) is 16.1 Å². The average molecular weight is 355 g/mol. The Morgan fingerprint density at radius 1 is 1.12 bits per heavy atom. The second kappa shape index (κ2) is 8.89. The van der Waals surface area contributed by atoms with E-state index in [9.17, 15) is 9.59 Å². The minimum atomic E-state index is -0.716. The highest BCUT2D eigenvalue weighted by Crippen LogP contribution is 2.21. The number of rotatable bonds is 6. The molecule has 138 valence electrons. The van der Waals surface area contributed by atoms with E-state index in [4.69, 9.17) is 4.74 Å². The SMILES string of the molecule is Cc1cc(N(C)C)ccc1NC(=O)C(C)NC(=O)OCc1ccccc1. The van der Waals surface area contributed by atoms with Crippen LogP contribution in [0, 0.1) is 6.92 Å². The van der Waals surface area contributed by atoms with E-state index in [-0.39, 0.29) is 12.5 Å². The first-order valence-electron chi connectivity index (χ1n) is 8.43. The van der Waals surface area contributed by atoms with Crippen LogP contribution in [0.5, 0.6) is 0 Å². The predicted octanol–water partition coefficient (Wildman–Crippen LogP) is 3.31. The highest BCUT2D eigenvalue weighted by Gasteiger charge is 2.17. The van der Waals surface area contributed by atoms with Gasteiger partial charge in [0.05, 0.1) is 0 Å². The van der Waals surface area contributed by atoms with E-state index in [0.717, 1.165) is 16.8 Å². The first-order valence-corrected chi connectivity index (χ1v) is 8.43. The summed E-state index contributed by atoms with van der Waals surface area (Å²) >= 11 is 0. The van der Waals surface area contributed by atoms with Crippen LogP contribution in [0.4, 0.5) is 16.2 Å². The molecule has 0 aromatic heterocycles.